The van der Waals surface area contributed by atoms with Crippen molar-refractivity contribution in [1.29, 1.82) is 0 Å². The molecule has 0 aliphatic carbocycles. The van der Waals surface area contributed by atoms with Crippen molar-refractivity contribution in [3.63, 3.8) is 0 Å². The van der Waals surface area contributed by atoms with Gasteiger partial charge in [-0.1, -0.05) is 18.2 Å². The van der Waals surface area contributed by atoms with Gasteiger partial charge >= 0.3 is 0 Å². The molecule has 0 aliphatic rings. The van der Waals surface area contributed by atoms with Crippen molar-refractivity contribution in [3.05, 3.63) is 55.9 Å². The van der Waals surface area contributed by atoms with Crippen LogP contribution in [0.2, 0.25) is 0 Å². The maximum atomic E-state index is 12.6. The molecule has 19 heavy (non-hydrogen) atoms. The van der Waals surface area contributed by atoms with Crippen molar-refractivity contribution in [2.24, 2.45) is 0 Å². The lowest BCUT2D eigenvalue weighted by molar-refractivity contribution is 0.924. The number of H-pyrrole nitrogens is 1. The number of fused-ring (bicyclic) bond motifs is 1. The molecule has 0 radical (unpaired) electrons. The molecule has 0 saturated carbocycles. The summed E-state index contributed by atoms with van der Waals surface area (Å²) in [6.45, 7) is 3.97. The molecule has 2 heterocycles. The number of nitrogens with zero attached hydrogens (tertiary/aromatic N) is 1. The Morgan fingerprint density at radius 3 is 2.58 bits per heavy atom. The second-order valence-corrected chi connectivity index (χ2v) is 5.78. The van der Waals surface area contributed by atoms with Gasteiger partial charge in [0, 0.05) is 0 Å². The Morgan fingerprint density at radius 1 is 1.21 bits per heavy atom. The van der Waals surface area contributed by atoms with Crippen LogP contribution in [0.25, 0.3) is 15.9 Å². The SMILES string of the molecule is Cc1cccc(C)c1-n1c(=S)[nH]c2sccc2c1=O. The third-order valence-electron chi connectivity index (χ3n) is 3.19. The maximum Gasteiger partial charge on any atom is 0.267 e. The molecular formula is C14H12N2OS2. The molecule has 3 nitrogen and oxygen atoms in total. The zero-order chi connectivity index (χ0) is 13.6. The monoisotopic (exact) mass is 288 g/mol. The summed E-state index contributed by atoms with van der Waals surface area (Å²) < 4.78 is 2.03. The number of aryl methyl sites for hydroxylation is 2. The average Bonchev–Trinajstić information content (AvgIpc) is 2.81. The van der Waals surface area contributed by atoms with Crippen LogP contribution in [0.4, 0.5) is 0 Å². The first kappa shape index (κ1) is 12.3. The Bertz CT molecular complexity index is 866. The number of aromatic nitrogens is 2. The number of hydrogen-bond acceptors (Lipinski definition) is 3. The van der Waals surface area contributed by atoms with Crippen LogP contribution in [0.5, 0.6) is 0 Å². The Morgan fingerprint density at radius 2 is 1.89 bits per heavy atom. The van der Waals surface area contributed by atoms with Crippen LogP contribution < -0.4 is 5.56 Å². The molecular weight excluding hydrogens is 276 g/mol. The molecule has 0 aliphatic heterocycles. The fraction of sp³-hybridized carbons (Fsp3) is 0.143. The Kier molecular flexibility index (Phi) is 2.88. The summed E-state index contributed by atoms with van der Waals surface area (Å²) in [6, 6.07) is 7.79. The highest BCUT2D eigenvalue weighted by molar-refractivity contribution is 7.71. The van der Waals surface area contributed by atoms with Gasteiger partial charge in [0.05, 0.1) is 11.1 Å². The van der Waals surface area contributed by atoms with E-state index < -0.39 is 0 Å². The second kappa shape index (κ2) is 4.43. The highest BCUT2D eigenvalue weighted by atomic mass is 32.1. The minimum absolute atomic E-state index is 0.0580. The number of thiophene rings is 1. The van der Waals surface area contributed by atoms with Gasteiger partial charge in [0.15, 0.2) is 4.77 Å². The zero-order valence-corrected chi connectivity index (χ0v) is 12.2. The van der Waals surface area contributed by atoms with E-state index in [4.69, 9.17) is 12.2 Å². The van der Waals surface area contributed by atoms with Crippen LogP contribution in [0.1, 0.15) is 11.1 Å². The third-order valence-corrected chi connectivity index (χ3v) is 4.30. The highest BCUT2D eigenvalue weighted by Crippen LogP contribution is 2.20. The predicted molar refractivity (Wildman–Crippen MR) is 82.1 cm³/mol. The first-order valence-electron chi connectivity index (χ1n) is 5.88. The van der Waals surface area contributed by atoms with Crippen molar-refractivity contribution in [2.45, 2.75) is 13.8 Å². The molecule has 0 saturated heterocycles. The number of rotatable bonds is 1. The largest absolute Gasteiger partial charge is 0.323 e. The van der Waals surface area contributed by atoms with Crippen LogP contribution in [0, 0.1) is 18.6 Å². The summed E-state index contributed by atoms with van der Waals surface area (Å²) in [6.07, 6.45) is 0. The molecule has 2 aromatic heterocycles. The Hall–Kier alpha value is -1.72. The molecule has 1 aromatic carbocycles. The summed E-state index contributed by atoms with van der Waals surface area (Å²) in [4.78, 5) is 16.6. The molecule has 3 aromatic rings. The standard InChI is InChI=1S/C14H12N2OS2/c1-8-4-3-5-9(2)11(8)16-13(17)10-6-7-19-12(10)15-14(16)18/h3-7H,1-2H3,(H,15,18). The van der Waals surface area contributed by atoms with E-state index in [2.05, 4.69) is 4.98 Å². The molecule has 3 rings (SSSR count). The Balaban J connectivity index is 2.50. The van der Waals surface area contributed by atoms with E-state index in [1.54, 1.807) is 4.57 Å². The van der Waals surface area contributed by atoms with Gasteiger partial charge in [0.2, 0.25) is 0 Å². The van der Waals surface area contributed by atoms with Crippen LogP contribution >= 0.6 is 23.6 Å². The summed E-state index contributed by atoms with van der Waals surface area (Å²) in [7, 11) is 0. The zero-order valence-electron chi connectivity index (χ0n) is 10.6. The van der Waals surface area contributed by atoms with Gasteiger partial charge in [-0.25, -0.2) is 0 Å². The molecule has 0 spiro atoms. The van der Waals surface area contributed by atoms with Gasteiger partial charge in [0.1, 0.15) is 4.83 Å². The predicted octanol–water partition coefficient (Wildman–Crippen LogP) is 3.73. The lowest BCUT2D eigenvalue weighted by Gasteiger charge is -2.12. The minimum Gasteiger partial charge on any atom is -0.323 e. The lowest BCUT2D eigenvalue weighted by atomic mass is 10.1. The van der Waals surface area contributed by atoms with Gasteiger partial charge in [-0.15, -0.1) is 11.3 Å². The van der Waals surface area contributed by atoms with Crippen molar-refractivity contribution in [1.82, 2.24) is 9.55 Å². The summed E-state index contributed by atoms with van der Waals surface area (Å²) in [5.74, 6) is 0. The number of nitrogens with one attached hydrogen (secondary N) is 1. The molecule has 0 bridgehead atoms. The fourth-order valence-electron chi connectivity index (χ4n) is 2.30. The normalized spacial score (nSPS) is 11.1. The number of para-hydroxylation sites is 1. The van der Waals surface area contributed by atoms with E-state index >= 15 is 0 Å². The van der Waals surface area contributed by atoms with Crippen molar-refractivity contribution in [3.8, 4) is 5.69 Å². The van der Waals surface area contributed by atoms with E-state index in [1.165, 1.54) is 11.3 Å². The first-order chi connectivity index (χ1) is 9.09. The van der Waals surface area contributed by atoms with E-state index in [1.807, 2.05) is 43.5 Å². The molecule has 0 unspecified atom stereocenters. The summed E-state index contributed by atoms with van der Waals surface area (Å²) in [5.41, 5.74) is 2.90. The molecule has 0 atom stereocenters. The van der Waals surface area contributed by atoms with Gasteiger partial charge in [-0.05, 0) is 48.6 Å². The van der Waals surface area contributed by atoms with Gasteiger partial charge in [0.25, 0.3) is 5.56 Å². The lowest BCUT2D eigenvalue weighted by Crippen LogP contribution is -2.21. The highest BCUT2D eigenvalue weighted by Gasteiger charge is 2.11. The average molecular weight is 288 g/mol. The quantitative estimate of drug-likeness (QED) is 0.693. The van der Waals surface area contributed by atoms with Crippen molar-refractivity contribution < 1.29 is 0 Å². The first-order valence-corrected chi connectivity index (χ1v) is 7.17. The molecule has 0 amide bonds. The van der Waals surface area contributed by atoms with Gasteiger partial charge in [-0.3, -0.25) is 9.36 Å². The van der Waals surface area contributed by atoms with Gasteiger partial charge < -0.3 is 4.98 Å². The number of aromatic amines is 1. The molecule has 1 N–H and O–H groups in total. The van der Waals surface area contributed by atoms with Crippen molar-refractivity contribution >= 4 is 33.8 Å². The molecule has 96 valence electrons. The third kappa shape index (κ3) is 1.86. The summed E-state index contributed by atoms with van der Waals surface area (Å²) >= 11 is 6.84. The van der Waals surface area contributed by atoms with E-state index in [-0.39, 0.29) is 5.56 Å². The maximum absolute atomic E-state index is 12.6. The topological polar surface area (TPSA) is 37.8 Å². The minimum atomic E-state index is -0.0580. The molecule has 5 heteroatoms. The number of hydrogen-bond donors (Lipinski definition) is 1. The number of benzene rings is 1. The van der Waals surface area contributed by atoms with E-state index in [9.17, 15) is 4.79 Å². The van der Waals surface area contributed by atoms with Crippen LogP contribution in [-0.2, 0) is 0 Å². The Labute approximate surface area is 119 Å². The van der Waals surface area contributed by atoms with E-state index in [0.29, 0.717) is 10.2 Å². The second-order valence-electron chi connectivity index (χ2n) is 4.47. The smallest absolute Gasteiger partial charge is 0.267 e. The summed E-state index contributed by atoms with van der Waals surface area (Å²) in [5, 5.41) is 2.58. The fourth-order valence-corrected chi connectivity index (χ4v) is 3.42. The van der Waals surface area contributed by atoms with E-state index in [0.717, 1.165) is 21.6 Å². The van der Waals surface area contributed by atoms with Gasteiger partial charge in [-0.2, -0.15) is 0 Å². The van der Waals surface area contributed by atoms with Crippen molar-refractivity contribution in [2.75, 3.05) is 0 Å². The van der Waals surface area contributed by atoms with Crippen LogP contribution in [-0.4, -0.2) is 9.55 Å². The van der Waals surface area contributed by atoms with Crippen LogP contribution in [0.3, 0.4) is 0 Å². The van der Waals surface area contributed by atoms with Crippen LogP contribution in [0.15, 0.2) is 34.4 Å². The molecule has 0 fully saturated rings.